The first kappa shape index (κ1) is 13.2. The molecule has 1 aliphatic carbocycles. The maximum atomic E-state index is 10.7. The van der Waals surface area contributed by atoms with E-state index in [2.05, 4.69) is 26.9 Å². The SMILES string of the molecule is O=C(O)CSc1nnc(Cc2ccccc2)n1C1CC1. The number of thioether (sulfide) groups is 1. The molecule has 1 aromatic carbocycles. The van der Waals surface area contributed by atoms with Gasteiger partial charge in [-0.05, 0) is 18.4 Å². The van der Waals surface area contributed by atoms with Crippen LogP contribution < -0.4 is 0 Å². The quantitative estimate of drug-likeness (QED) is 0.827. The van der Waals surface area contributed by atoms with Crippen LogP contribution in [0.3, 0.4) is 0 Å². The summed E-state index contributed by atoms with van der Waals surface area (Å²) in [6.45, 7) is 0. The van der Waals surface area contributed by atoms with Gasteiger partial charge in [0, 0.05) is 12.5 Å². The van der Waals surface area contributed by atoms with Crippen molar-refractivity contribution in [2.45, 2.75) is 30.5 Å². The molecule has 0 unspecified atom stereocenters. The largest absolute Gasteiger partial charge is 0.481 e. The Hall–Kier alpha value is -1.82. The van der Waals surface area contributed by atoms with Gasteiger partial charge in [-0.2, -0.15) is 0 Å². The fraction of sp³-hybridized carbons (Fsp3) is 0.357. The Kier molecular flexibility index (Phi) is 3.73. The summed E-state index contributed by atoms with van der Waals surface area (Å²) in [5.41, 5.74) is 1.19. The molecule has 1 aliphatic rings. The van der Waals surface area contributed by atoms with Crippen molar-refractivity contribution in [2.24, 2.45) is 0 Å². The van der Waals surface area contributed by atoms with Crippen LogP contribution in [-0.2, 0) is 11.2 Å². The average molecular weight is 289 g/mol. The summed E-state index contributed by atoms with van der Waals surface area (Å²) in [6, 6.07) is 10.6. The fourth-order valence-electron chi connectivity index (χ4n) is 2.13. The molecule has 0 saturated heterocycles. The molecule has 5 nitrogen and oxygen atoms in total. The number of carboxylic acids is 1. The van der Waals surface area contributed by atoms with Crippen molar-refractivity contribution in [3.05, 3.63) is 41.7 Å². The molecule has 104 valence electrons. The highest BCUT2D eigenvalue weighted by Gasteiger charge is 2.29. The number of aliphatic carboxylic acids is 1. The van der Waals surface area contributed by atoms with E-state index in [9.17, 15) is 4.79 Å². The summed E-state index contributed by atoms with van der Waals surface area (Å²) in [5.74, 6) is 0.118. The standard InChI is InChI=1S/C14H15N3O2S/c18-13(19)9-20-14-16-15-12(17(14)11-6-7-11)8-10-4-2-1-3-5-10/h1-5,11H,6-9H2,(H,18,19). The smallest absolute Gasteiger partial charge is 0.313 e. The molecule has 1 heterocycles. The lowest BCUT2D eigenvalue weighted by Gasteiger charge is -2.08. The van der Waals surface area contributed by atoms with Crippen LogP contribution in [0.2, 0.25) is 0 Å². The van der Waals surface area contributed by atoms with E-state index in [4.69, 9.17) is 5.11 Å². The molecule has 3 rings (SSSR count). The van der Waals surface area contributed by atoms with Crippen LogP contribution >= 0.6 is 11.8 Å². The Morgan fingerprint density at radius 3 is 2.70 bits per heavy atom. The molecule has 1 fully saturated rings. The van der Waals surface area contributed by atoms with Crippen LogP contribution in [0.4, 0.5) is 0 Å². The van der Waals surface area contributed by atoms with Gasteiger partial charge < -0.3 is 9.67 Å². The zero-order valence-electron chi connectivity index (χ0n) is 10.9. The van der Waals surface area contributed by atoms with Crippen LogP contribution in [0.1, 0.15) is 30.3 Å². The monoisotopic (exact) mass is 289 g/mol. The summed E-state index contributed by atoms with van der Waals surface area (Å²) < 4.78 is 2.11. The molecule has 1 N–H and O–H groups in total. The molecule has 1 saturated carbocycles. The van der Waals surface area contributed by atoms with Crippen LogP contribution in [0.15, 0.2) is 35.5 Å². The van der Waals surface area contributed by atoms with Gasteiger partial charge in [-0.25, -0.2) is 0 Å². The second-order valence-corrected chi connectivity index (χ2v) is 5.79. The number of nitrogens with zero attached hydrogens (tertiary/aromatic N) is 3. The summed E-state index contributed by atoms with van der Waals surface area (Å²) in [6.07, 6.45) is 2.99. The number of rotatable bonds is 6. The van der Waals surface area contributed by atoms with Gasteiger partial charge in [-0.15, -0.1) is 10.2 Å². The molecule has 0 bridgehead atoms. The highest BCUT2D eigenvalue weighted by Crippen LogP contribution is 2.39. The molecule has 0 aliphatic heterocycles. The number of carboxylic acid groups (broad SMARTS) is 1. The lowest BCUT2D eigenvalue weighted by molar-refractivity contribution is -0.133. The highest BCUT2D eigenvalue weighted by atomic mass is 32.2. The third-order valence-electron chi connectivity index (χ3n) is 3.18. The van der Waals surface area contributed by atoms with Crippen LogP contribution in [0, 0.1) is 0 Å². The highest BCUT2D eigenvalue weighted by molar-refractivity contribution is 7.99. The summed E-state index contributed by atoms with van der Waals surface area (Å²) in [7, 11) is 0. The number of carbonyl (C=O) groups is 1. The number of hydrogen-bond donors (Lipinski definition) is 1. The first-order valence-corrected chi connectivity index (χ1v) is 7.55. The Labute approximate surface area is 121 Å². The van der Waals surface area contributed by atoms with E-state index < -0.39 is 5.97 Å². The Bertz CT molecular complexity index is 608. The molecule has 2 aromatic rings. The van der Waals surface area contributed by atoms with Crippen molar-refractivity contribution in [3.63, 3.8) is 0 Å². The third-order valence-corrected chi connectivity index (χ3v) is 4.10. The summed E-state index contributed by atoms with van der Waals surface area (Å²) in [4.78, 5) is 10.7. The predicted molar refractivity (Wildman–Crippen MR) is 75.9 cm³/mol. The predicted octanol–water partition coefficient (Wildman–Crippen LogP) is 2.38. The van der Waals surface area contributed by atoms with Crippen LogP contribution in [-0.4, -0.2) is 31.6 Å². The van der Waals surface area contributed by atoms with Gasteiger partial charge in [0.25, 0.3) is 0 Å². The minimum atomic E-state index is -0.829. The average Bonchev–Trinajstić information content (AvgIpc) is 3.20. The molecule has 0 amide bonds. The van der Waals surface area contributed by atoms with E-state index in [0.717, 1.165) is 30.2 Å². The van der Waals surface area contributed by atoms with Gasteiger partial charge >= 0.3 is 5.97 Å². The number of hydrogen-bond acceptors (Lipinski definition) is 4. The van der Waals surface area contributed by atoms with Crippen molar-refractivity contribution < 1.29 is 9.90 Å². The first-order valence-electron chi connectivity index (χ1n) is 6.56. The lowest BCUT2D eigenvalue weighted by atomic mass is 10.1. The molecular weight excluding hydrogens is 274 g/mol. The number of aromatic nitrogens is 3. The summed E-state index contributed by atoms with van der Waals surface area (Å²) in [5, 5.41) is 17.9. The van der Waals surface area contributed by atoms with Gasteiger partial charge in [-0.3, -0.25) is 4.79 Å². The normalized spacial score (nSPS) is 14.4. The fourth-order valence-corrected chi connectivity index (χ4v) is 2.88. The Morgan fingerprint density at radius 2 is 2.05 bits per heavy atom. The summed E-state index contributed by atoms with van der Waals surface area (Å²) >= 11 is 1.24. The van der Waals surface area contributed by atoms with E-state index in [1.54, 1.807) is 0 Å². The van der Waals surface area contributed by atoms with E-state index in [-0.39, 0.29) is 5.75 Å². The van der Waals surface area contributed by atoms with Crippen LogP contribution in [0.5, 0.6) is 0 Å². The maximum Gasteiger partial charge on any atom is 0.313 e. The molecular formula is C14H15N3O2S. The second-order valence-electron chi connectivity index (χ2n) is 4.84. The zero-order chi connectivity index (χ0) is 13.9. The Balaban J connectivity index is 1.82. The lowest BCUT2D eigenvalue weighted by Crippen LogP contribution is -2.05. The minimum Gasteiger partial charge on any atom is -0.481 e. The first-order chi connectivity index (χ1) is 9.74. The van der Waals surface area contributed by atoms with Gasteiger partial charge in [0.1, 0.15) is 5.82 Å². The third kappa shape index (κ3) is 3.01. The maximum absolute atomic E-state index is 10.7. The van der Waals surface area contributed by atoms with Crippen molar-refractivity contribution in [1.82, 2.24) is 14.8 Å². The molecule has 0 spiro atoms. The van der Waals surface area contributed by atoms with Gasteiger partial charge in [0.05, 0.1) is 5.75 Å². The molecule has 0 radical (unpaired) electrons. The van der Waals surface area contributed by atoms with Crippen molar-refractivity contribution >= 4 is 17.7 Å². The minimum absolute atomic E-state index is 0.0240. The van der Waals surface area contributed by atoms with Crippen molar-refractivity contribution in [2.75, 3.05) is 5.75 Å². The van der Waals surface area contributed by atoms with Crippen LogP contribution in [0.25, 0.3) is 0 Å². The van der Waals surface area contributed by atoms with E-state index in [1.807, 2.05) is 18.2 Å². The zero-order valence-corrected chi connectivity index (χ0v) is 11.7. The second kappa shape index (κ2) is 5.66. The van der Waals surface area contributed by atoms with Gasteiger partial charge in [-0.1, -0.05) is 42.1 Å². The Morgan fingerprint density at radius 1 is 1.30 bits per heavy atom. The molecule has 1 aromatic heterocycles. The van der Waals surface area contributed by atoms with Gasteiger partial charge in [0.15, 0.2) is 5.16 Å². The molecule has 0 atom stereocenters. The number of benzene rings is 1. The van der Waals surface area contributed by atoms with E-state index in [0.29, 0.717) is 6.04 Å². The van der Waals surface area contributed by atoms with E-state index in [1.165, 1.54) is 17.3 Å². The van der Waals surface area contributed by atoms with Crippen molar-refractivity contribution in [3.8, 4) is 0 Å². The molecule has 6 heteroatoms. The van der Waals surface area contributed by atoms with Crippen molar-refractivity contribution in [1.29, 1.82) is 0 Å². The molecule has 20 heavy (non-hydrogen) atoms. The van der Waals surface area contributed by atoms with E-state index >= 15 is 0 Å². The topological polar surface area (TPSA) is 68.0 Å². The van der Waals surface area contributed by atoms with Gasteiger partial charge in [0.2, 0.25) is 0 Å².